The number of nitrogens with zero attached hydrogens (tertiary/aromatic N) is 2. The van der Waals surface area contributed by atoms with Gasteiger partial charge in [0.2, 0.25) is 0 Å². The molecule has 6 rings (SSSR count). The van der Waals surface area contributed by atoms with Crippen molar-refractivity contribution in [3.05, 3.63) is 76.3 Å². The number of anilines is 3. The summed E-state index contributed by atoms with van der Waals surface area (Å²) in [6, 6.07) is 15.5. The molecule has 12 heteroatoms. The van der Waals surface area contributed by atoms with Gasteiger partial charge in [0.15, 0.2) is 5.58 Å². The van der Waals surface area contributed by atoms with Gasteiger partial charge in [0.1, 0.15) is 16.9 Å². The van der Waals surface area contributed by atoms with E-state index >= 15 is 0 Å². The Labute approximate surface area is 255 Å². The lowest BCUT2D eigenvalue weighted by atomic mass is 9.95. The summed E-state index contributed by atoms with van der Waals surface area (Å²) in [4.78, 5) is 44.9. The number of alkyl halides is 1. The summed E-state index contributed by atoms with van der Waals surface area (Å²) in [6.07, 6.45) is -0.618. The Hall–Kier alpha value is -4.61. The first-order chi connectivity index (χ1) is 20.5. The zero-order valence-corrected chi connectivity index (χ0v) is 25.0. The van der Waals surface area contributed by atoms with Crippen LogP contribution in [-0.2, 0) is 4.74 Å². The number of hydrogen-bond acceptors (Lipinski definition) is 8. The van der Waals surface area contributed by atoms with Crippen LogP contribution < -0.4 is 15.5 Å². The number of ether oxygens (including phenoxy) is 1. The molecule has 2 aromatic heterocycles. The van der Waals surface area contributed by atoms with E-state index in [0.717, 1.165) is 10.9 Å². The van der Waals surface area contributed by atoms with Crippen molar-refractivity contribution in [2.45, 2.75) is 32.3 Å². The van der Waals surface area contributed by atoms with Gasteiger partial charge in [-0.15, -0.1) is 22.9 Å². The van der Waals surface area contributed by atoms with E-state index in [0.29, 0.717) is 50.9 Å². The summed E-state index contributed by atoms with van der Waals surface area (Å²) in [5.74, 6) is -0.720. The molecule has 1 aliphatic heterocycles. The number of fused-ring (bicyclic) bond motifs is 4. The Kier molecular flexibility index (Phi) is 7.23. The fourth-order valence-corrected chi connectivity index (χ4v) is 6.14. The minimum Gasteiger partial charge on any atom is -0.507 e. The molecule has 3 N–H and O–H groups in total. The molecule has 0 aliphatic carbocycles. The quantitative estimate of drug-likeness (QED) is 0.176. The van der Waals surface area contributed by atoms with Gasteiger partial charge in [0.05, 0.1) is 16.3 Å². The predicted octanol–water partition coefficient (Wildman–Crippen LogP) is 7.33. The molecular weight excluding hydrogens is 592 g/mol. The number of aromatic nitrogens is 1. The van der Waals surface area contributed by atoms with Crippen LogP contribution in [0.2, 0.25) is 0 Å². The van der Waals surface area contributed by atoms with Crippen LogP contribution in [0.5, 0.6) is 5.75 Å². The van der Waals surface area contributed by atoms with E-state index in [4.69, 9.17) is 20.8 Å². The monoisotopic (exact) mass is 618 g/mol. The van der Waals surface area contributed by atoms with Crippen LogP contribution >= 0.6 is 22.9 Å². The molecule has 3 heterocycles. The molecule has 10 nitrogen and oxygen atoms in total. The number of rotatable bonds is 5. The lowest BCUT2D eigenvalue weighted by molar-refractivity contribution is 0.0635. The summed E-state index contributed by atoms with van der Waals surface area (Å²) in [6.45, 7) is 5.66. The van der Waals surface area contributed by atoms with Gasteiger partial charge < -0.3 is 24.5 Å². The van der Waals surface area contributed by atoms with Crippen LogP contribution in [0.4, 0.5) is 21.9 Å². The summed E-state index contributed by atoms with van der Waals surface area (Å²) in [5, 5.41) is 19.2. The number of amides is 3. The van der Waals surface area contributed by atoms with Gasteiger partial charge >= 0.3 is 12.0 Å². The van der Waals surface area contributed by atoms with Gasteiger partial charge in [-0.3, -0.25) is 14.9 Å². The number of benzene rings is 3. The Bertz CT molecular complexity index is 1910. The number of aromatic hydroxyl groups is 1. The first kappa shape index (κ1) is 28.5. The van der Waals surface area contributed by atoms with Crippen molar-refractivity contribution in [3.63, 3.8) is 0 Å². The average Bonchev–Trinajstić information content (AvgIpc) is 3.68. The average molecular weight is 619 g/mol. The summed E-state index contributed by atoms with van der Waals surface area (Å²) in [7, 11) is 0. The van der Waals surface area contributed by atoms with Crippen molar-refractivity contribution in [2.24, 2.45) is 0 Å². The van der Waals surface area contributed by atoms with Crippen LogP contribution in [0.15, 0.2) is 64.4 Å². The molecule has 0 saturated carbocycles. The minimum atomic E-state index is -0.652. The molecule has 0 saturated heterocycles. The summed E-state index contributed by atoms with van der Waals surface area (Å²) >= 11 is 7.49. The van der Waals surface area contributed by atoms with E-state index < -0.39 is 17.6 Å². The lowest BCUT2D eigenvalue weighted by Gasteiger charge is -2.19. The number of nitrogens with one attached hydrogen (secondary N) is 2. The molecule has 3 aromatic carbocycles. The second-order valence-electron chi connectivity index (χ2n) is 11.1. The molecule has 43 heavy (non-hydrogen) atoms. The number of halogens is 1. The number of thiophene rings is 1. The number of phenols is 1. The van der Waals surface area contributed by atoms with Crippen molar-refractivity contribution >= 4 is 79.8 Å². The number of carbonyl (C=O) groups excluding carboxylic acids is 3. The number of phenolic OH excluding ortho intramolecular Hbond substituents is 1. The van der Waals surface area contributed by atoms with Crippen LogP contribution in [0.3, 0.4) is 0 Å². The molecule has 1 atom stereocenters. The lowest BCUT2D eigenvalue weighted by Crippen LogP contribution is -2.29. The summed E-state index contributed by atoms with van der Waals surface area (Å²) < 4.78 is 10.9. The van der Waals surface area contributed by atoms with Gasteiger partial charge in [0, 0.05) is 46.9 Å². The SMILES string of the molecule is CC(C)(C)OC(=O)Nc1ccc2nc(C(=O)Nc3csc(C(=O)N4C[C@@H](CCl)c5c4cc(O)c4ccccc54)c3)oc2c1. The largest absolute Gasteiger partial charge is 0.507 e. The molecule has 220 valence electrons. The van der Waals surface area contributed by atoms with E-state index in [1.165, 1.54) is 11.3 Å². The Morgan fingerprint density at radius 1 is 1.09 bits per heavy atom. The molecule has 0 bridgehead atoms. The van der Waals surface area contributed by atoms with Gasteiger partial charge in [-0.2, -0.15) is 0 Å². The molecule has 3 amide bonds. The first-order valence-corrected chi connectivity index (χ1v) is 14.8. The van der Waals surface area contributed by atoms with Crippen molar-refractivity contribution in [1.82, 2.24) is 4.98 Å². The van der Waals surface area contributed by atoms with Crippen molar-refractivity contribution in [3.8, 4) is 5.75 Å². The Balaban J connectivity index is 1.18. The third-order valence-electron chi connectivity index (χ3n) is 6.87. The standard InChI is InChI=1S/C31H27ClN4O6S/c1-31(2,3)42-30(40)34-17-8-9-21-24(10-17)41-28(35-21)27(38)33-18-11-25(43-15-18)29(39)36-14-16(13-32)26-20-7-5-4-6-19(20)23(37)12-22(26)36/h4-12,15-16,37H,13-14H2,1-3H3,(H,33,38)(H,34,40)/t16-/m1/s1. The van der Waals surface area contributed by atoms with Gasteiger partial charge in [-0.25, -0.2) is 9.78 Å². The molecular formula is C31H27ClN4O6S. The van der Waals surface area contributed by atoms with E-state index in [1.807, 2.05) is 24.3 Å². The Morgan fingerprint density at radius 2 is 1.86 bits per heavy atom. The molecule has 0 fully saturated rings. The molecule has 0 radical (unpaired) electrons. The van der Waals surface area contributed by atoms with Crippen molar-refractivity contribution in [2.75, 3.05) is 28.0 Å². The second-order valence-corrected chi connectivity index (χ2v) is 12.3. The highest BCUT2D eigenvalue weighted by Gasteiger charge is 2.35. The smallest absolute Gasteiger partial charge is 0.412 e. The summed E-state index contributed by atoms with van der Waals surface area (Å²) in [5.41, 5.74) is 2.46. The van der Waals surface area contributed by atoms with Gasteiger partial charge in [0.25, 0.3) is 11.8 Å². The molecule has 1 aliphatic rings. The minimum absolute atomic E-state index is 0.0904. The number of hydrogen-bond donors (Lipinski definition) is 3. The molecule has 0 unspecified atom stereocenters. The van der Waals surface area contributed by atoms with E-state index in [1.54, 1.807) is 61.4 Å². The van der Waals surface area contributed by atoms with Crippen LogP contribution in [0, 0.1) is 0 Å². The highest BCUT2D eigenvalue weighted by Crippen LogP contribution is 2.46. The fourth-order valence-electron chi connectivity index (χ4n) is 5.10. The number of oxazole rings is 1. The van der Waals surface area contributed by atoms with E-state index in [-0.39, 0.29) is 23.5 Å². The highest BCUT2D eigenvalue weighted by atomic mass is 35.5. The van der Waals surface area contributed by atoms with Crippen molar-refractivity contribution < 1.29 is 28.6 Å². The maximum absolute atomic E-state index is 13.6. The maximum atomic E-state index is 13.6. The Morgan fingerprint density at radius 3 is 2.60 bits per heavy atom. The fraction of sp³-hybridized carbons (Fsp3) is 0.226. The highest BCUT2D eigenvalue weighted by molar-refractivity contribution is 7.12. The van der Waals surface area contributed by atoms with Crippen LogP contribution in [0.25, 0.3) is 21.9 Å². The molecule has 5 aromatic rings. The van der Waals surface area contributed by atoms with Gasteiger partial charge in [-0.1, -0.05) is 24.3 Å². The topological polar surface area (TPSA) is 134 Å². The third-order valence-corrected chi connectivity index (χ3v) is 8.16. The number of carbonyl (C=O) groups is 3. The van der Waals surface area contributed by atoms with Crippen LogP contribution in [0.1, 0.15) is 52.6 Å². The second kappa shape index (κ2) is 10.9. The zero-order valence-electron chi connectivity index (χ0n) is 23.4. The van der Waals surface area contributed by atoms with Crippen LogP contribution in [-0.4, -0.2) is 46.0 Å². The molecule has 0 spiro atoms. The van der Waals surface area contributed by atoms with Crippen molar-refractivity contribution in [1.29, 1.82) is 0 Å². The van der Waals surface area contributed by atoms with E-state index in [2.05, 4.69) is 15.6 Å². The first-order valence-electron chi connectivity index (χ1n) is 13.4. The predicted molar refractivity (Wildman–Crippen MR) is 167 cm³/mol. The maximum Gasteiger partial charge on any atom is 0.412 e. The normalized spacial score (nSPS) is 14.6. The zero-order chi connectivity index (χ0) is 30.5. The van der Waals surface area contributed by atoms with E-state index in [9.17, 15) is 19.5 Å². The van der Waals surface area contributed by atoms with Gasteiger partial charge in [-0.05, 0) is 49.9 Å². The third kappa shape index (κ3) is 5.61.